The lowest BCUT2D eigenvalue weighted by Crippen LogP contribution is -2.58. The van der Waals surface area contributed by atoms with Gasteiger partial charge in [-0.1, -0.05) is 32.9 Å². The van der Waals surface area contributed by atoms with Crippen LogP contribution in [0.25, 0.3) is 33.3 Å². The number of hydrogen-bond acceptors (Lipinski definition) is 9. The zero-order chi connectivity index (χ0) is 42.6. The third kappa shape index (κ3) is 9.63. The number of methoxy groups -OCH3 is 1. The molecule has 0 radical (unpaired) electrons. The van der Waals surface area contributed by atoms with Crippen molar-refractivity contribution in [2.45, 2.75) is 105 Å². The Morgan fingerprint density at radius 3 is 2.51 bits per heavy atom. The fourth-order valence-corrected chi connectivity index (χ4v) is 8.71. The van der Waals surface area contributed by atoms with Gasteiger partial charge in [0.05, 0.1) is 24.1 Å². The number of phenols is 1. The van der Waals surface area contributed by atoms with Crippen molar-refractivity contribution in [2.24, 2.45) is 11.3 Å². The van der Waals surface area contributed by atoms with E-state index in [0.717, 1.165) is 57.4 Å². The Morgan fingerprint density at radius 2 is 1.83 bits per heavy atom. The molecule has 2 aliphatic heterocycles. The van der Waals surface area contributed by atoms with Crippen LogP contribution in [0.15, 0.2) is 54.7 Å². The predicted molar refractivity (Wildman–Crippen MR) is 227 cm³/mol. The lowest BCUT2D eigenvalue weighted by atomic mass is 9.84. The van der Waals surface area contributed by atoms with Gasteiger partial charge in [-0.3, -0.25) is 29.2 Å². The summed E-state index contributed by atoms with van der Waals surface area (Å²) in [6.45, 7) is 15.7. The number of aromatic nitrogens is 2. The first-order valence-electron chi connectivity index (χ1n) is 20.8. The molecule has 4 atom stereocenters. The topological polar surface area (TPSA) is 155 Å². The number of fused-ring (bicyclic) bond motifs is 1. The van der Waals surface area contributed by atoms with Crippen LogP contribution < -0.4 is 10.7 Å². The third-order valence-electron chi connectivity index (χ3n) is 11.8. The molecular weight excluding hydrogens is 749 g/mol. The number of rotatable bonds is 14. The fraction of sp³-hybridized carbons (Fsp3) is 0.500. The lowest BCUT2D eigenvalue weighted by Gasteiger charge is -2.33. The summed E-state index contributed by atoms with van der Waals surface area (Å²) in [5.41, 5.74) is 9.90. The zero-order valence-electron chi connectivity index (χ0n) is 35.8. The summed E-state index contributed by atoms with van der Waals surface area (Å²) in [5.74, 6) is -1.16. The van der Waals surface area contributed by atoms with Crippen LogP contribution in [0.2, 0.25) is 0 Å². The average Bonchev–Trinajstić information content (AvgIpc) is 3.76. The maximum absolute atomic E-state index is 14.1. The van der Waals surface area contributed by atoms with E-state index in [2.05, 4.69) is 54.3 Å². The normalized spacial score (nSPS) is 18.2. The maximum atomic E-state index is 14.1. The van der Waals surface area contributed by atoms with E-state index >= 15 is 0 Å². The van der Waals surface area contributed by atoms with Crippen LogP contribution in [-0.4, -0.2) is 93.7 Å². The van der Waals surface area contributed by atoms with E-state index in [0.29, 0.717) is 44.6 Å². The summed E-state index contributed by atoms with van der Waals surface area (Å²) in [5, 5.41) is 16.8. The van der Waals surface area contributed by atoms with E-state index in [9.17, 15) is 24.3 Å². The van der Waals surface area contributed by atoms with Gasteiger partial charge in [-0.25, -0.2) is 5.43 Å². The summed E-state index contributed by atoms with van der Waals surface area (Å²) >= 11 is 0. The van der Waals surface area contributed by atoms with Gasteiger partial charge in [0.25, 0.3) is 5.91 Å². The van der Waals surface area contributed by atoms with E-state index in [1.165, 1.54) is 13.8 Å². The summed E-state index contributed by atoms with van der Waals surface area (Å²) in [6, 6.07) is 14.0. The summed E-state index contributed by atoms with van der Waals surface area (Å²) in [4.78, 5) is 58.7. The molecule has 0 spiro atoms. The number of likely N-dealkylation sites (tertiary alicyclic amines) is 1. The number of aromatic hydroxyl groups is 1. The molecule has 4 heterocycles. The standard InChI is InChI=1S/C46H60N6O7/c1-9-50-40-15-14-33(25-37(40)38(26-46(6,7)27-59-31(5)54)43(50)36-13-12-17-47-41(36)29(3)58-8)34-21-32(22-35(55)24-34)23-39(45(57)52-19-11-10-18-48-52)49-44(56)42-28(2)16-20-51(42)30(4)53/h12-15,17,21-22,24-25,28-29,39,42,48,55H,9-11,16,18-20,23,26-27H2,1-8H3,(H,49,56)/t28-,29+,39+,42+/m1/s1. The Hall–Kier alpha value is -5.27. The van der Waals surface area contributed by atoms with Gasteiger partial charge in [-0.05, 0) is 104 Å². The maximum Gasteiger partial charge on any atom is 0.302 e. The molecule has 2 fully saturated rings. The van der Waals surface area contributed by atoms with Gasteiger partial charge < -0.3 is 29.4 Å². The number of pyridine rings is 1. The Morgan fingerprint density at radius 1 is 1.05 bits per heavy atom. The fourth-order valence-electron chi connectivity index (χ4n) is 8.71. The summed E-state index contributed by atoms with van der Waals surface area (Å²) in [7, 11) is 1.67. The molecule has 0 saturated carbocycles. The van der Waals surface area contributed by atoms with Crippen molar-refractivity contribution in [3.8, 4) is 28.1 Å². The van der Waals surface area contributed by atoms with Crippen molar-refractivity contribution in [2.75, 3.05) is 33.4 Å². The second kappa shape index (κ2) is 18.3. The number of amides is 3. The molecule has 2 saturated heterocycles. The molecule has 59 heavy (non-hydrogen) atoms. The van der Waals surface area contributed by atoms with Crippen LogP contribution in [0.1, 0.15) is 90.7 Å². The molecule has 0 aliphatic carbocycles. The average molecular weight is 809 g/mol. The number of hydrogen-bond donors (Lipinski definition) is 3. The predicted octanol–water partition coefficient (Wildman–Crippen LogP) is 6.35. The zero-order valence-corrected chi connectivity index (χ0v) is 35.8. The minimum absolute atomic E-state index is 0.0292. The molecule has 3 N–H and O–H groups in total. The van der Waals surface area contributed by atoms with Gasteiger partial charge in [-0.15, -0.1) is 0 Å². The molecule has 6 rings (SSSR count). The van der Waals surface area contributed by atoms with Crippen LogP contribution in [0.4, 0.5) is 0 Å². The quantitative estimate of drug-likeness (QED) is 0.124. The van der Waals surface area contributed by atoms with Crippen molar-refractivity contribution in [3.05, 3.63) is 71.5 Å². The second-order valence-corrected chi connectivity index (χ2v) is 16.9. The Bertz CT molecular complexity index is 2190. The Labute approximate surface area is 347 Å². The number of esters is 1. The molecule has 3 amide bonds. The molecule has 2 aromatic heterocycles. The van der Waals surface area contributed by atoms with Gasteiger partial charge in [0.15, 0.2) is 0 Å². The smallest absolute Gasteiger partial charge is 0.302 e. The second-order valence-electron chi connectivity index (χ2n) is 16.9. The van der Waals surface area contributed by atoms with Gasteiger partial charge in [-0.2, -0.15) is 0 Å². The number of aryl methyl sites for hydroxylation is 1. The van der Waals surface area contributed by atoms with Crippen LogP contribution in [0.5, 0.6) is 5.75 Å². The number of nitrogens with one attached hydrogen (secondary N) is 2. The number of carbonyl (C=O) groups is 4. The highest BCUT2D eigenvalue weighted by molar-refractivity contribution is 5.96. The highest BCUT2D eigenvalue weighted by Gasteiger charge is 2.40. The van der Waals surface area contributed by atoms with Crippen LogP contribution in [0, 0.1) is 11.3 Å². The molecule has 13 heteroatoms. The van der Waals surface area contributed by atoms with Gasteiger partial charge >= 0.3 is 5.97 Å². The van der Waals surface area contributed by atoms with E-state index < -0.39 is 17.5 Å². The highest BCUT2D eigenvalue weighted by Crippen LogP contribution is 2.42. The van der Waals surface area contributed by atoms with E-state index in [1.807, 2.05) is 32.0 Å². The largest absolute Gasteiger partial charge is 0.508 e. The van der Waals surface area contributed by atoms with Gasteiger partial charge in [0.1, 0.15) is 17.8 Å². The van der Waals surface area contributed by atoms with Crippen molar-refractivity contribution in [1.82, 2.24) is 30.2 Å². The Balaban J connectivity index is 1.43. The number of hydrazine groups is 1. The van der Waals surface area contributed by atoms with Crippen molar-refractivity contribution in [3.63, 3.8) is 0 Å². The van der Waals surface area contributed by atoms with Gasteiger partial charge in [0.2, 0.25) is 11.8 Å². The summed E-state index contributed by atoms with van der Waals surface area (Å²) < 4.78 is 13.6. The first-order valence-corrected chi connectivity index (χ1v) is 20.8. The molecule has 316 valence electrons. The number of benzene rings is 2. The van der Waals surface area contributed by atoms with Crippen LogP contribution >= 0.6 is 0 Å². The van der Waals surface area contributed by atoms with Crippen LogP contribution in [0.3, 0.4) is 0 Å². The minimum Gasteiger partial charge on any atom is -0.508 e. The lowest BCUT2D eigenvalue weighted by molar-refractivity contribution is -0.144. The number of phenolic OH excluding ortho intramolecular Hbond substituents is 1. The molecule has 0 bridgehead atoms. The van der Waals surface area contributed by atoms with E-state index in [4.69, 9.17) is 14.5 Å². The molecule has 0 unspecified atom stereocenters. The van der Waals surface area contributed by atoms with Crippen molar-refractivity contribution >= 4 is 34.6 Å². The molecule has 4 aromatic rings. The first-order chi connectivity index (χ1) is 28.1. The summed E-state index contributed by atoms with van der Waals surface area (Å²) in [6.07, 6.45) is 4.70. The molecule has 2 aromatic carbocycles. The highest BCUT2D eigenvalue weighted by atomic mass is 16.5. The molecule has 2 aliphatic rings. The van der Waals surface area contributed by atoms with Crippen LogP contribution in [-0.2, 0) is 48.0 Å². The third-order valence-corrected chi connectivity index (χ3v) is 11.8. The number of ether oxygens (including phenoxy) is 2. The van der Waals surface area contributed by atoms with Crippen molar-refractivity contribution < 1.29 is 33.8 Å². The molecule has 13 nitrogen and oxygen atoms in total. The van der Waals surface area contributed by atoms with E-state index in [1.54, 1.807) is 35.3 Å². The monoisotopic (exact) mass is 808 g/mol. The van der Waals surface area contributed by atoms with E-state index in [-0.39, 0.29) is 54.5 Å². The first kappa shape index (κ1) is 43.3. The SMILES string of the molecule is CCn1c(-c2cccnc2[C@H](C)OC)c(CC(C)(C)COC(C)=O)c2cc(-c3cc(O)cc(C[C@H](NC(=O)[C@@H]4[C@H](C)CCN4C(C)=O)C(=O)N4CCCCN4)c3)ccc21. The Kier molecular flexibility index (Phi) is 13.5. The minimum atomic E-state index is -0.942. The number of carbonyl (C=O) groups excluding carboxylic acids is 4. The molecular formula is C46H60N6O7. The number of nitrogens with zero attached hydrogens (tertiary/aromatic N) is 4. The van der Waals surface area contributed by atoms with Crippen molar-refractivity contribution in [1.29, 1.82) is 0 Å². The van der Waals surface area contributed by atoms with Gasteiger partial charge in [0, 0.05) is 81.6 Å².